The quantitative estimate of drug-likeness (QED) is 0.755. The SMILES string of the molecule is CCn1ccn(CCN2CCNCC2)c1=O. The third-order valence-electron chi connectivity index (χ3n) is 3.13. The fourth-order valence-corrected chi connectivity index (χ4v) is 2.05. The Balaban J connectivity index is 1.88. The molecule has 1 aliphatic rings. The Morgan fingerprint density at radius 2 is 1.88 bits per heavy atom. The van der Waals surface area contributed by atoms with E-state index in [1.165, 1.54) is 0 Å². The van der Waals surface area contributed by atoms with Crippen molar-refractivity contribution in [2.24, 2.45) is 0 Å². The summed E-state index contributed by atoms with van der Waals surface area (Å²) in [4.78, 5) is 14.2. The summed E-state index contributed by atoms with van der Waals surface area (Å²) in [6.45, 7) is 8.80. The largest absolute Gasteiger partial charge is 0.328 e. The predicted molar refractivity (Wildman–Crippen MR) is 63.7 cm³/mol. The summed E-state index contributed by atoms with van der Waals surface area (Å²) in [6, 6.07) is 0. The molecule has 5 heteroatoms. The molecule has 0 spiro atoms. The smallest absolute Gasteiger partial charge is 0.314 e. The molecule has 90 valence electrons. The van der Waals surface area contributed by atoms with Gasteiger partial charge in [-0.3, -0.25) is 14.0 Å². The molecule has 16 heavy (non-hydrogen) atoms. The van der Waals surface area contributed by atoms with Crippen molar-refractivity contribution in [3.63, 3.8) is 0 Å². The molecule has 0 atom stereocenters. The van der Waals surface area contributed by atoms with E-state index in [0.29, 0.717) is 0 Å². The first kappa shape index (κ1) is 11.4. The lowest BCUT2D eigenvalue weighted by atomic mass is 10.3. The van der Waals surface area contributed by atoms with E-state index >= 15 is 0 Å². The fraction of sp³-hybridized carbons (Fsp3) is 0.727. The van der Waals surface area contributed by atoms with Crippen molar-refractivity contribution in [3.8, 4) is 0 Å². The molecule has 0 amide bonds. The van der Waals surface area contributed by atoms with E-state index in [2.05, 4.69) is 10.2 Å². The number of imidazole rings is 1. The van der Waals surface area contributed by atoms with Gasteiger partial charge in [-0.1, -0.05) is 0 Å². The van der Waals surface area contributed by atoms with Crippen LogP contribution in [0, 0.1) is 0 Å². The molecular formula is C11H20N4O. The second kappa shape index (κ2) is 5.32. The van der Waals surface area contributed by atoms with Gasteiger partial charge in [0, 0.05) is 58.2 Å². The minimum Gasteiger partial charge on any atom is -0.314 e. The first-order chi connectivity index (χ1) is 7.81. The zero-order valence-corrected chi connectivity index (χ0v) is 9.85. The van der Waals surface area contributed by atoms with Gasteiger partial charge in [-0.15, -0.1) is 0 Å². The Hall–Kier alpha value is -1.07. The van der Waals surface area contributed by atoms with E-state index in [1.54, 1.807) is 9.13 Å². The van der Waals surface area contributed by atoms with Crippen LogP contribution in [0.3, 0.4) is 0 Å². The third kappa shape index (κ3) is 2.54. The molecule has 2 heterocycles. The van der Waals surface area contributed by atoms with Gasteiger partial charge in [0.05, 0.1) is 0 Å². The molecule has 1 aromatic rings. The highest BCUT2D eigenvalue weighted by molar-refractivity contribution is 4.81. The second-order valence-corrected chi connectivity index (χ2v) is 4.15. The standard InChI is InChI=1S/C11H20N4O/c1-2-14-9-10-15(11(14)16)8-7-13-5-3-12-4-6-13/h9-10,12H,2-8H2,1H3. The van der Waals surface area contributed by atoms with Crippen LogP contribution in [0.4, 0.5) is 0 Å². The molecule has 0 saturated carbocycles. The number of rotatable bonds is 4. The number of aromatic nitrogens is 2. The van der Waals surface area contributed by atoms with E-state index < -0.39 is 0 Å². The van der Waals surface area contributed by atoms with Crippen molar-refractivity contribution in [2.75, 3.05) is 32.7 Å². The van der Waals surface area contributed by atoms with Crippen LogP contribution in [0.25, 0.3) is 0 Å². The van der Waals surface area contributed by atoms with Crippen molar-refractivity contribution in [1.29, 1.82) is 0 Å². The molecular weight excluding hydrogens is 204 g/mol. The average molecular weight is 224 g/mol. The summed E-state index contributed by atoms with van der Waals surface area (Å²) in [6.07, 6.45) is 3.74. The topological polar surface area (TPSA) is 42.2 Å². The van der Waals surface area contributed by atoms with Gasteiger partial charge in [0.25, 0.3) is 0 Å². The van der Waals surface area contributed by atoms with E-state index in [-0.39, 0.29) is 5.69 Å². The van der Waals surface area contributed by atoms with Crippen LogP contribution in [0.5, 0.6) is 0 Å². The van der Waals surface area contributed by atoms with Crippen molar-refractivity contribution < 1.29 is 0 Å². The molecule has 1 N–H and O–H groups in total. The molecule has 0 unspecified atom stereocenters. The number of piperazine rings is 1. The normalized spacial score (nSPS) is 17.8. The Morgan fingerprint density at radius 3 is 2.50 bits per heavy atom. The zero-order chi connectivity index (χ0) is 11.4. The van der Waals surface area contributed by atoms with Gasteiger partial charge in [-0.25, -0.2) is 4.79 Å². The third-order valence-corrected chi connectivity index (χ3v) is 3.13. The van der Waals surface area contributed by atoms with Gasteiger partial charge in [0.1, 0.15) is 0 Å². The van der Waals surface area contributed by atoms with E-state index in [9.17, 15) is 4.79 Å². The summed E-state index contributed by atoms with van der Waals surface area (Å²) in [7, 11) is 0. The Bertz CT molecular complexity index is 376. The van der Waals surface area contributed by atoms with Gasteiger partial charge >= 0.3 is 5.69 Å². The predicted octanol–water partition coefficient (Wildman–Crippen LogP) is -0.425. The maximum atomic E-state index is 11.8. The average Bonchev–Trinajstić information content (AvgIpc) is 2.69. The van der Waals surface area contributed by atoms with Crippen LogP contribution < -0.4 is 11.0 Å². The molecule has 0 aromatic carbocycles. The molecule has 1 aromatic heterocycles. The highest BCUT2D eigenvalue weighted by Gasteiger charge is 2.09. The Morgan fingerprint density at radius 1 is 1.19 bits per heavy atom. The monoisotopic (exact) mass is 224 g/mol. The molecule has 0 bridgehead atoms. The highest BCUT2D eigenvalue weighted by Crippen LogP contribution is 1.93. The maximum Gasteiger partial charge on any atom is 0.328 e. The minimum atomic E-state index is 0.109. The molecule has 1 saturated heterocycles. The van der Waals surface area contributed by atoms with Crippen molar-refractivity contribution in [3.05, 3.63) is 22.9 Å². The molecule has 1 fully saturated rings. The van der Waals surface area contributed by atoms with Crippen molar-refractivity contribution in [1.82, 2.24) is 19.4 Å². The number of hydrogen-bond donors (Lipinski definition) is 1. The summed E-state index contributed by atoms with van der Waals surface area (Å²) >= 11 is 0. The number of aryl methyl sites for hydroxylation is 1. The van der Waals surface area contributed by atoms with E-state index in [1.807, 2.05) is 19.3 Å². The molecule has 2 rings (SSSR count). The molecule has 0 radical (unpaired) electrons. The van der Waals surface area contributed by atoms with Crippen molar-refractivity contribution >= 4 is 0 Å². The first-order valence-electron chi connectivity index (χ1n) is 6.00. The zero-order valence-electron chi connectivity index (χ0n) is 9.85. The van der Waals surface area contributed by atoms with E-state index in [4.69, 9.17) is 0 Å². The fourth-order valence-electron chi connectivity index (χ4n) is 2.05. The van der Waals surface area contributed by atoms with Gasteiger partial charge in [-0.05, 0) is 6.92 Å². The van der Waals surface area contributed by atoms with E-state index in [0.717, 1.165) is 45.8 Å². The lowest BCUT2D eigenvalue weighted by Gasteiger charge is -2.26. The summed E-state index contributed by atoms with van der Waals surface area (Å²) in [5.74, 6) is 0. The van der Waals surface area contributed by atoms with Crippen LogP contribution in [-0.4, -0.2) is 46.8 Å². The van der Waals surface area contributed by atoms with Crippen molar-refractivity contribution in [2.45, 2.75) is 20.0 Å². The Kier molecular flexibility index (Phi) is 3.79. The van der Waals surface area contributed by atoms with Crippen LogP contribution in [0.15, 0.2) is 17.2 Å². The summed E-state index contributed by atoms with van der Waals surface area (Å²) in [5, 5.41) is 3.32. The van der Waals surface area contributed by atoms with Gasteiger partial charge in [0.2, 0.25) is 0 Å². The van der Waals surface area contributed by atoms with Gasteiger partial charge in [0.15, 0.2) is 0 Å². The van der Waals surface area contributed by atoms with Crippen LogP contribution in [0.1, 0.15) is 6.92 Å². The van der Waals surface area contributed by atoms with Gasteiger partial charge < -0.3 is 5.32 Å². The molecule has 5 nitrogen and oxygen atoms in total. The molecule has 1 aliphatic heterocycles. The second-order valence-electron chi connectivity index (χ2n) is 4.15. The van der Waals surface area contributed by atoms with Crippen LogP contribution >= 0.6 is 0 Å². The summed E-state index contributed by atoms with van der Waals surface area (Å²) in [5.41, 5.74) is 0.109. The lowest BCUT2D eigenvalue weighted by Crippen LogP contribution is -2.45. The number of nitrogens with one attached hydrogen (secondary N) is 1. The number of hydrogen-bond acceptors (Lipinski definition) is 3. The first-order valence-corrected chi connectivity index (χ1v) is 6.00. The highest BCUT2D eigenvalue weighted by atomic mass is 16.1. The number of nitrogens with zero attached hydrogens (tertiary/aromatic N) is 3. The molecule has 0 aliphatic carbocycles. The maximum absolute atomic E-state index is 11.8. The van der Waals surface area contributed by atoms with Crippen LogP contribution in [0.2, 0.25) is 0 Å². The van der Waals surface area contributed by atoms with Crippen LogP contribution in [-0.2, 0) is 13.1 Å². The lowest BCUT2D eigenvalue weighted by molar-refractivity contribution is 0.231. The minimum absolute atomic E-state index is 0.109. The van der Waals surface area contributed by atoms with Gasteiger partial charge in [-0.2, -0.15) is 0 Å². The Labute approximate surface area is 95.7 Å². The summed E-state index contributed by atoms with van der Waals surface area (Å²) < 4.78 is 3.53.